The minimum absolute atomic E-state index is 0.0370. The zero-order valence-electron chi connectivity index (χ0n) is 11.2. The standard InChI is InChI=1S/C15H16N2O2S/c1-2-20-14-5-3-4-13(12(14)9-16)17-11-7-6-10(8-11)15(18)19/h3-7,10-11,17H,2,8H2,1H3,(H,18,19). The van der Waals surface area contributed by atoms with Crippen LogP contribution in [0.15, 0.2) is 35.2 Å². The van der Waals surface area contributed by atoms with Crippen molar-refractivity contribution in [1.82, 2.24) is 0 Å². The summed E-state index contributed by atoms with van der Waals surface area (Å²) in [6, 6.07) is 7.90. The molecule has 0 spiro atoms. The van der Waals surface area contributed by atoms with Crippen LogP contribution in [0.2, 0.25) is 0 Å². The van der Waals surface area contributed by atoms with Crippen molar-refractivity contribution in [2.75, 3.05) is 11.1 Å². The van der Waals surface area contributed by atoms with E-state index in [-0.39, 0.29) is 6.04 Å². The Balaban J connectivity index is 2.15. The number of nitriles is 1. The Morgan fingerprint density at radius 1 is 1.55 bits per heavy atom. The van der Waals surface area contributed by atoms with Crippen molar-refractivity contribution in [3.05, 3.63) is 35.9 Å². The maximum Gasteiger partial charge on any atom is 0.310 e. The van der Waals surface area contributed by atoms with E-state index < -0.39 is 11.9 Å². The van der Waals surface area contributed by atoms with Gasteiger partial charge in [-0.3, -0.25) is 4.79 Å². The summed E-state index contributed by atoms with van der Waals surface area (Å²) in [5.41, 5.74) is 1.40. The van der Waals surface area contributed by atoms with Crippen LogP contribution in [0.1, 0.15) is 18.9 Å². The summed E-state index contributed by atoms with van der Waals surface area (Å²) < 4.78 is 0. The quantitative estimate of drug-likeness (QED) is 0.643. The SMILES string of the molecule is CCSc1cccc(NC2C=CC(C(=O)O)C2)c1C#N. The zero-order chi connectivity index (χ0) is 14.5. The first-order chi connectivity index (χ1) is 9.65. The maximum atomic E-state index is 10.9. The number of thioether (sulfide) groups is 1. The number of benzene rings is 1. The third-order valence-electron chi connectivity index (χ3n) is 3.18. The van der Waals surface area contributed by atoms with Gasteiger partial charge in [-0.25, -0.2) is 0 Å². The van der Waals surface area contributed by atoms with E-state index in [0.29, 0.717) is 12.0 Å². The molecule has 1 aliphatic carbocycles. The summed E-state index contributed by atoms with van der Waals surface area (Å²) in [5, 5.41) is 21.6. The molecule has 104 valence electrons. The van der Waals surface area contributed by atoms with Gasteiger partial charge in [-0.15, -0.1) is 11.8 Å². The van der Waals surface area contributed by atoms with E-state index in [4.69, 9.17) is 5.11 Å². The number of hydrogen-bond donors (Lipinski definition) is 2. The van der Waals surface area contributed by atoms with Gasteiger partial charge in [-0.2, -0.15) is 5.26 Å². The summed E-state index contributed by atoms with van der Waals surface area (Å²) in [7, 11) is 0. The van der Waals surface area contributed by atoms with Gasteiger partial charge in [0.25, 0.3) is 0 Å². The fourth-order valence-electron chi connectivity index (χ4n) is 2.23. The molecule has 20 heavy (non-hydrogen) atoms. The Bertz CT molecular complexity index is 578. The monoisotopic (exact) mass is 288 g/mol. The van der Waals surface area contributed by atoms with Gasteiger partial charge in [0.1, 0.15) is 6.07 Å². The second kappa shape index (κ2) is 6.49. The van der Waals surface area contributed by atoms with E-state index in [2.05, 4.69) is 11.4 Å². The third-order valence-corrected chi connectivity index (χ3v) is 4.12. The van der Waals surface area contributed by atoms with Crippen LogP contribution in [0.4, 0.5) is 5.69 Å². The van der Waals surface area contributed by atoms with E-state index >= 15 is 0 Å². The highest BCUT2D eigenvalue weighted by atomic mass is 32.2. The number of carbonyl (C=O) groups is 1. The normalized spacial score (nSPS) is 20.6. The fourth-order valence-corrected chi connectivity index (χ4v) is 3.02. The molecule has 0 bridgehead atoms. The second-order valence-corrected chi connectivity index (χ2v) is 5.85. The van der Waals surface area contributed by atoms with Crippen molar-refractivity contribution in [3.63, 3.8) is 0 Å². The van der Waals surface area contributed by atoms with E-state index in [0.717, 1.165) is 16.3 Å². The molecular weight excluding hydrogens is 272 g/mol. The molecule has 0 aromatic heterocycles. The van der Waals surface area contributed by atoms with Gasteiger partial charge in [-0.05, 0) is 24.3 Å². The van der Waals surface area contributed by atoms with Gasteiger partial charge in [0.2, 0.25) is 0 Å². The van der Waals surface area contributed by atoms with Gasteiger partial charge in [-0.1, -0.05) is 25.1 Å². The predicted molar refractivity (Wildman–Crippen MR) is 79.8 cm³/mol. The maximum absolute atomic E-state index is 10.9. The van der Waals surface area contributed by atoms with Crippen molar-refractivity contribution in [1.29, 1.82) is 5.26 Å². The topological polar surface area (TPSA) is 73.1 Å². The van der Waals surface area contributed by atoms with Gasteiger partial charge >= 0.3 is 5.97 Å². The minimum Gasteiger partial charge on any atom is -0.481 e. The van der Waals surface area contributed by atoms with Gasteiger partial charge in [0.15, 0.2) is 0 Å². The first kappa shape index (κ1) is 14.5. The summed E-state index contributed by atoms with van der Waals surface area (Å²) in [4.78, 5) is 11.9. The highest BCUT2D eigenvalue weighted by Gasteiger charge is 2.24. The third kappa shape index (κ3) is 3.14. The van der Waals surface area contributed by atoms with Crippen LogP contribution in [0, 0.1) is 17.2 Å². The van der Waals surface area contributed by atoms with E-state index in [9.17, 15) is 10.1 Å². The Morgan fingerprint density at radius 3 is 2.95 bits per heavy atom. The number of carboxylic acid groups (broad SMARTS) is 1. The number of nitrogens with zero attached hydrogens (tertiary/aromatic N) is 1. The molecule has 5 heteroatoms. The largest absolute Gasteiger partial charge is 0.481 e. The van der Waals surface area contributed by atoms with Gasteiger partial charge < -0.3 is 10.4 Å². The molecule has 2 N–H and O–H groups in total. The molecule has 0 fully saturated rings. The summed E-state index contributed by atoms with van der Waals surface area (Å²) in [6.07, 6.45) is 4.08. The molecule has 0 heterocycles. The lowest BCUT2D eigenvalue weighted by Crippen LogP contribution is -2.19. The number of anilines is 1. The highest BCUT2D eigenvalue weighted by Crippen LogP contribution is 2.30. The highest BCUT2D eigenvalue weighted by molar-refractivity contribution is 7.99. The molecule has 1 aromatic carbocycles. The van der Waals surface area contributed by atoms with E-state index in [1.807, 2.05) is 31.2 Å². The molecule has 2 rings (SSSR count). The lowest BCUT2D eigenvalue weighted by molar-refractivity contribution is -0.140. The van der Waals surface area contributed by atoms with Crippen LogP contribution in [-0.2, 0) is 4.79 Å². The van der Waals surface area contributed by atoms with Crippen LogP contribution in [0.25, 0.3) is 0 Å². The molecular formula is C15H16N2O2S. The van der Waals surface area contributed by atoms with Crippen LogP contribution in [0.5, 0.6) is 0 Å². The number of hydrogen-bond acceptors (Lipinski definition) is 4. The van der Waals surface area contributed by atoms with Crippen molar-refractivity contribution in [2.24, 2.45) is 5.92 Å². The number of carboxylic acids is 1. The van der Waals surface area contributed by atoms with Crippen molar-refractivity contribution in [2.45, 2.75) is 24.3 Å². The Morgan fingerprint density at radius 2 is 2.35 bits per heavy atom. The Labute approximate surface area is 122 Å². The first-order valence-corrected chi connectivity index (χ1v) is 7.47. The van der Waals surface area contributed by atoms with Crippen LogP contribution in [-0.4, -0.2) is 22.9 Å². The number of nitrogens with one attached hydrogen (secondary N) is 1. The van der Waals surface area contributed by atoms with Crippen LogP contribution >= 0.6 is 11.8 Å². The lowest BCUT2D eigenvalue weighted by atomic mass is 10.1. The minimum atomic E-state index is -0.804. The van der Waals surface area contributed by atoms with E-state index in [1.54, 1.807) is 17.8 Å². The first-order valence-electron chi connectivity index (χ1n) is 6.49. The van der Waals surface area contributed by atoms with Gasteiger partial charge in [0.05, 0.1) is 17.2 Å². The molecule has 1 aromatic rings. The number of rotatable bonds is 5. The molecule has 0 aliphatic heterocycles. The second-order valence-electron chi connectivity index (χ2n) is 4.54. The Hall–Kier alpha value is -1.93. The van der Waals surface area contributed by atoms with Gasteiger partial charge in [0, 0.05) is 10.9 Å². The smallest absolute Gasteiger partial charge is 0.310 e. The summed E-state index contributed by atoms with van der Waals surface area (Å²) in [6.45, 7) is 2.04. The molecule has 2 unspecified atom stereocenters. The molecule has 0 saturated carbocycles. The zero-order valence-corrected chi connectivity index (χ0v) is 12.0. The molecule has 2 atom stereocenters. The fraction of sp³-hybridized carbons (Fsp3) is 0.333. The molecule has 1 aliphatic rings. The average Bonchev–Trinajstić information content (AvgIpc) is 2.88. The van der Waals surface area contributed by atoms with Crippen LogP contribution in [0.3, 0.4) is 0 Å². The molecule has 4 nitrogen and oxygen atoms in total. The van der Waals surface area contributed by atoms with Crippen molar-refractivity contribution in [3.8, 4) is 6.07 Å². The summed E-state index contributed by atoms with van der Waals surface area (Å²) >= 11 is 1.63. The number of aliphatic carboxylic acids is 1. The molecule has 0 radical (unpaired) electrons. The molecule has 0 saturated heterocycles. The van der Waals surface area contributed by atoms with Crippen molar-refractivity contribution < 1.29 is 9.90 Å². The lowest BCUT2D eigenvalue weighted by Gasteiger charge is -2.16. The van der Waals surface area contributed by atoms with E-state index in [1.165, 1.54) is 0 Å². The van der Waals surface area contributed by atoms with Crippen LogP contribution < -0.4 is 5.32 Å². The summed E-state index contributed by atoms with van der Waals surface area (Å²) in [5.74, 6) is -0.338. The molecule has 0 amide bonds. The Kier molecular flexibility index (Phi) is 4.70. The average molecular weight is 288 g/mol. The predicted octanol–water partition coefficient (Wildman–Crippen LogP) is 3.11. The van der Waals surface area contributed by atoms with Crippen molar-refractivity contribution >= 4 is 23.4 Å².